The molecule has 0 fully saturated rings. The highest BCUT2D eigenvalue weighted by molar-refractivity contribution is 6.55. The monoisotopic (exact) mass is 517 g/mol. The Balaban J connectivity index is 2.06. The number of halogens is 9. The predicted molar refractivity (Wildman–Crippen MR) is 107 cm³/mol. The van der Waals surface area contributed by atoms with E-state index in [0.717, 1.165) is 7.05 Å². The molecule has 4 nitrogen and oxygen atoms in total. The van der Waals surface area contributed by atoms with E-state index in [4.69, 9.17) is 39.3 Å². The van der Waals surface area contributed by atoms with Crippen molar-refractivity contribution in [3.05, 3.63) is 56.7 Å². The smallest absolute Gasteiger partial charge is 0.356 e. The molecule has 0 spiro atoms. The minimum absolute atomic E-state index is 0.0268. The Kier molecular flexibility index (Phi) is 6.88. The number of hydrogen-bond acceptors (Lipinski definition) is 3. The number of rotatable bonds is 5. The summed E-state index contributed by atoms with van der Waals surface area (Å²) < 4.78 is 85.2. The SMILES string of the molecule is Cn1nc(CC(F)(F)F)c(C(F)(F)F)c1-c1cc(-c2ccc(Cl)c(CC=C(Cl)Cl)c2)on1. The summed E-state index contributed by atoms with van der Waals surface area (Å²) in [6.07, 6.45) is -10.0. The third kappa shape index (κ3) is 5.60. The Morgan fingerprint density at radius 1 is 1.12 bits per heavy atom. The van der Waals surface area contributed by atoms with Gasteiger partial charge in [-0.3, -0.25) is 4.68 Å². The van der Waals surface area contributed by atoms with Crippen molar-refractivity contribution >= 4 is 34.8 Å². The maximum Gasteiger partial charge on any atom is 0.420 e. The number of aromatic nitrogens is 3. The normalized spacial score (nSPS) is 12.3. The summed E-state index contributed by atoms with van der Waals surface area (Å²) >= 11 is 17.3. The topological polar surface area (TPSA) is 43.9 Å². The summed E-state index contributed by atoms with van der Waals surface area (Å²) in [5, 5.41) is 7.45. The maximum absolute atomic E-state index is 13.6. The zero-order valence-electron chi connectivity index (χ0n) is 16.0. The van der Waals surface area contributed by atoms with Gasteiger partial charge in [-0.05, 0) is 36.3 Å². The van der Waals surface area contributed by atoms with E-state index in [2.05, 4.69) is 10.3 Å². The van der Waals surface area contributed by atoms with Crippen molar-refractivity contribution in [1.29, 1.82) is 0 Å². The van der Waals surface area contributed by atoms with Crippen LogP contribution in [0.3, 0.4) is 0 Å². The molecule has 0 aliphatic rings. The van der Waals surface area contributed by atoms with Crippen LogP contribution in [0.25, 0.3) is 22.7 Å². The first-order chi connectivity index (χ1) is 14.8. The lowest BCUT2D eigenvalue weighted by molar-refractivity contribution is -0.143. The molecule has 13 heteroatoms. The minimum atomic E-state index is -5.09. The lowest BCUT2D eigenvalue weighted by atomic mass is 10.0. The largest absolute Gasteiger partial charge is 0.420 e. The zero-order valence-corrected chi connectivity index (χ0v) is 18.2. The van der Waals surface area contributed by atoms with Crippen LogP contribution in [-0.2, 0) is 26.1 Å². The highest BCUT2D eigenvalue weighted by Crippen LogP contribution is 2.41. The molecule has 0 aliphatic heterocycles. The number of benzene rings is 1. The van der Waals surface area contributed by atoms with Gasteiger partial charge < -0.3 is 4.52 Å². The first-order valence-corrected chi connectivity index (χ1v) is 9.86. The van der Waals surface area contributed by atoms with Crippen LogP contribution in [0, 0.1) is 0 Å². The van der Waals surface area contributed by atoms with Crippen LogP contribution < -0.4 is 0 Å². The molecule has 32 heavy (non-hydrogen) atoms. The Morgan fingerprint density at radius 2 is 1.81 bits per heavy atom. The third-order valence-electron chi connectivity index (χ3n) is 4.33. The molecular weight excluding hydrogens is 507 g/mol. The van der Waals surface area contributed by atoms with Gasteiger partial charge in [-0.2, -0.15) is 31.4 Å². The lowest BCUT2D eigenvalue weighted by Gasteiger charge is -2.10. The van der Waals surface area contributed by atoms with Gasteiger partial charge in [0.15, 0.2) is 5.76 Å². The molecule has 0 unspecified atom stereocenters. The molecule has 0 amide bonds. The summed E-state index contributed by atoms with van der Waals surface area (Å²) in [6.45, 7) is 0. The number of allylic oxidation sites excluding steroid dienone is 1. The van der Waals surface area contributed by atoms with Gasteiger partial charge in [-0.1, -0.05) is 40.0 Å². The summed E-state index contributed by atoms with van der Waals surface area (Å²) in [7, 11) is 1.10. The van der Waals surface area contributed by atoms with Gasteiger partial charge in [-0.15, -0.1) is 0 Å². The predicted octanol–water partition coefficient (Wildman–Crippen LogP) is 7.38. The summed E-state index contributed by atoms with van der Waals surface area (Å²) in [4.78, 5) is 0. The van der Waals surface area contributed by atoms with Crippen LogP contribution in [0.5, 0.6) is 0 Å². The Hall–Kier alpha value is -2.17. The van der Waals surface area contributed by atoms with Crippen molar-refractivity contribution < 1.29 is 30.9 Å². The average Bonchev–Trinajstić information content (AvgIpc) is 3.23. The van der Waals surface area contributed by atoms with Crippen LogP contribution in [0.1, 0.15) is 16.8 Å². The first-order valence-electron chi connectivity index (χ1n) is 8.73. The molecule has 2 aromatic heterocycles. The van der Waals surface area contributed by atoms with Gasteiger partial charge in [0.25, 0.3) is 0 Å². The highest BCUT2D eigenvalue weighted by atomic mass is 35.5. The summed E-state index contributed by atoms with van der Waals surface area (Å²) in [5.74, 6) is 0.0746. The van der Waals surface area contributed by atoms with Gasteiger partial charge >= 0.3 is 12.4 Å². The fraction of sp³-hybridized carbons (Fsp3) is 0.263. The molecule has 0 aliphatic carbocycles. The zero-order chi connectivity index (χ0) is 23.8. The number of hydrogen-bond donors (Lipinski definition) is 0. The van der Waals surface area contributed by atoms with Gasteiger partial charge in [0.1, 0.15) is 21.4 Å². The van der Waals surface area contributed by atoms with Crippen molar-refractivity contribution in [3.8, 4) is 22.7 Å². The number of nitrogens with zero attached hydrogens (tertiary/aromatic N) is 3. The van der Waals surface area contributed by atoms with E-state index in [0.29, 0.717) is 20.8 Å². The second-order valence-electron chi connectivity index (χ2n) is 6.66. The van der Waals surface area contributed by atoms with Gasteiger partial charge in [0.05, 0.1) is 12.1 Å². The van der Waals surface area contributed by atoms with E-state index >= 15 is 0 Å². The van der Waals surface area contributed by atoms with E-state index in [9.17, 15) is 26.3 Å². The number of aryl methyl sites for hydroxylation is 1. The molecule has 3 aromatic rings. The summed E-state index contributed by atoms with van der Waals surface area (Å²) in [6, 6.07) is 5.87. The van der Waals surface area contributed by atoms with Crippen molar-refractivity contribution in [2.24, 2.45) is 7.05 Å². The van der Waals surface area contributed by atoms with Crippen LogP contribution in [0.2, 0.25) is 5.02 Å². The van der Waals surface area contributed by atoms with Crippen LogP contribution in [0.4, 0.5) is 26.3 Å². The molecule has 1 aromatic carbocycles. The third-order valence-corrected chi connectivity index (χ3v) is 5.01. The molecule has 2 heterocycles. The van der Waals surface area contributed by atoms with E-state index < -0.39 is 35.7 Å². The Morgan fingerprint density at radius 3 is 2.41 bits per heavy atom. The quantitative estimate of drug-likeness (QED) is 0.331. The standard InChI is InChI=1S/C19H12Cl3F6N3O/c1-31-17(16(19(26,27)28)13(29-31)8-18(23,24)25)12-7-14(32-30-12)10-2-4-11(20)9(6-10)3-5-15(21)22/h2,4-7H,3,8H2,1H3. The van der Waals surface area contributed by atoms with Crippen molar-refractivity contribution in [1.82, 2.24) is 14.9 Å². The highest BCUT2D eigenvalue weighted by Gasteiger charge is 2.43. The molecule has 0 N–H and O–H groups in total. The molecule has 0 saturated heterocycles. The maximum atomic E-state index is 13.6. The van der Waals surface area contributed by atoms with E-state index in [-0.39, 0.29) is 22.4 Å². The van der Waals surface area contributed by atoms with Gasteiger partial charge in [-0.25, -0.2) is 0 Å². The van der Waals surface area contributed by atoms with Gasteiger partial charge in [0.2, 0.25) is 0 Å². The lowest BCUT2D eigenvalue weighted by Crippen LogP contribution is -2.17. The van der Waals surface area contributed by atoms with E-state index in [1.807, 2.05) is 0 Å². The molecule has 0 bridgehead atoms. The fourth-order valence-corrected chi connectivity index (χ4v) is 3.43. The second-order valence-corrected chi connectivity index (χ2v) is 8.08. The van der Waals surface area contributed by atoms with Crippen LogP contribution in [0.15, 0.2) is 39.4 Å². The molecule has 172 valence electrons. The molecule has 0 radical (unpaired) electrons. The molecular formula is C19H12Cl3F6N3O. The van der Waals surface area contributed by atoms with Crippen LogP contribution in [-0.4, -0.2) is 21.1 Å². The van der Waals surface area contributed by atoms with E-state index in [1.165, 1.54) is 18.2 Å². The van der Waals surface area contributed by atoms with Gasteiger partial charge in [0, 0.05) is 23.7 Å². The second kappa shape index (κ2) is 8.99. The number of alkyl halides is 6. The molecule has 3 rings (SSSR count). The Labute approximate surface area is 192 Å². The van der Waals surface area contributed by atoms with E-state index in [1.54, 1.807) is 12.1 Å². The van der Waals surface area contributed by atoms with Crippen molar-refractivity contribution in [2.75, 3.05) is 0 Å². The first kappa shape index (κ1) is 24.5. The fourth-order valence-electron chi connectivity index (χ4n) is 3.08. The average molecular weight is 519 g/mol. The molecule has 0 saturated carbocycles. The van der Waals surface area contributed by atoms with Crippen molar-refractivity contribution in [3.63, 3.8) is 0 Å². The van der Waals surface area contributed by atoms with Crippen LogP contribution >= 0.6 is 34.8 Å². The Bertz CT molecular complexity index is 1160. The minimum Gasteiger partial charge on any atom is -0.356 e. The molecule has 0 atom stereocenters. The van der Waals surface area contributed by atoms with Crippen molar-refractivity contribution in [2.45, 2.75) is 25.2 Å². The summed E-state index contributed by atoms with van der Waals surface area (Å²) in [5.41, 5.74) is -2.60.